The van der Waals surface area contributed by atoms with E-state index >= 15 is 0 Å². The molecule has 19 heavy (non-hydrogen) atoms. The minimum absolute atomic E-state index is 0.0572. The van der Waals surface area contributed by atoms with E-state index in [4.69, 9.17) is 4.74 Å². The van der Waals surface area contributed by atoms with Gasteiger partial charge in [-0.15, -0.1) is 0 Å². The fourth-order valence-corrected chi connectivity index (χ4v) is 1.88. The molecule has 0 saturated carbocycles. The number of ketones is 1. The highest BCUT2D eigenvalue weighted by molar-refractivity contribution is 5.96. The summed E-state index contributed by atoms with van der Waals surface area (Å²) in [4.78, 5) is 24.0. The summed E-state index contributed by atoms with van der Waals surface area (Å²) in [6, 6.07) is 9.16. The third-order valence-corrected chi connectivity index (χ3v) is 3.52. The summed E-state index contributed by atoms with van der Waals surface area (Å²) in [6.45, 7) is 7.82. The Morgan fingerprint density at radius 1 is 1.21 bits per heavy atom. The number of ether oxygens (including phenoxy) is 1. The van der Waals surface area contributed by atoms with Crippen molar-refractivity contribution in [1.82, 2.24) is 0 Å². The Morgan fingerprint density at radius 3 is 2.32 bits per heavy atom. The van der Waals surface area contributed by atoms with E-state index in [-0.39, 0.29) is 17.7 Å². The fraction of sp³-hybridized carbons (Fsp3) is 0.500. The average molecular weight is 262 g/mol. The van der Waals surface area contributed by atoms with E-state index in [1.807, 2.05) is 39.0 Å². The molecule has 1 unspecified atom stereocenters. The minimum atomic E-state index is -0.417. The van der Waals surface area contributed by atoms with E-state index in [1.165, 1.54) is 0 Å². The molecule has 0 amide bonds. The highest BCUT2D eigenvalue weighted by Gasteiger charge is 2.34. The van der Waals surface area contributed by atoms with Gasteiger partial charge in [0.15, 0.2) is 5.78 Å². The van der Waals surface area contributed by atoms with Crippen LogP contribution >= 0.6 is 0 Å². The van der Waals surface area contributed by atoms with Gasteiger partial charge in [0.05, 0.1) is 12.5 Å². The molecular weight excluding hydrogens is 240 g/mol. The first-order valence-electron chi connectivity index (χ1n) is 6.63. The Labute approximate surface area is 115 Å². The van der Waals surface area contributed by atoms with E-state index < -0.39 is 5.41 Å². The lowest BCUT2D eigenvalue weighted by Crippen LogP contribution is -2.32. The molecular formula is C16H22O3. The average Bonchev–Trinajstić information content (AvgIpc) is 2.38. The lowest BCUT2D eigenvalue weighted by molar-refractivity contribution is -0.151. The summed E-state index contributed by atoms with van der Waals surface area (Å²) < 4.78 is 5.03. The van der Waals surface area contributed by atoms with Crippen molar-refractivity contribution >= 4 is 11.8 Å². The summed E-state index contributed by atoms with van der Waals surface area (Å²) in [6.07, 6.45) is 0.330. The first-order valence-corrected chi connectivity index (χ1v) is 6.63. The highest BCUT2D eigenvalue weighted by Crippen LogP contribution is 2.32. The summed E-state index contributed by atoms with van der Waals surface area (Å²) in [5.74, 6) is -0.491. The van der Waals surface area contributed by atoms with Crippen LogP contribution in [0.3, 0.4) is 0 Å². The van der Waals surface area contributed by atoms with E-state index in [0.29, 0.717) is 18.6 Å². The van der Waals surface area contributed by atoms with Crippen molar-refractivity contribution in [2.45, 2.75) is 34.1 Å². The van der Waals surface area contributed by atoms with E-state index in [2.05, 4.69) is 0 Å². The van der Waals surface area contributed by atoms with Crippen LogP contribution in [0.2, 0.25) is 0 Å². The standard InChI is InChI=1S/C16H22O3/c1-5-19-15(18)12(2)16(3,4)11-14(17)13-9-7-6-8-10-13/h6-10,12H,5,11H2,1-4H3. The van der Waals surface area contributed by atoms with Crippen molar-refractivity contribution < 1.29 is 14.3 Å². The van der Waals surface area contributed by atoms with Gasteiger partial charge in [0.1, 0.15) is 0 Å². The Kier molecular flexibility index (Phi) is 5.28. The van der Waals surface area contributed by atoms with E-state index in [9.17, 15) is 9.59 Å². The van der Waals surface area contributed by atoms with Crippen molar-refractivity contribution in [3.63, 3.8) is 0 Å². The predicted molar refractivity (Wildman–Crippen MR) is 75.0 cm³/mol. The predicted octanol–water partition coefficient (Wildman–Crippen LogP) is 3.48. The molecule has 0 aliphatic rings. The lowest BCUT2D eigenvalue weighted by atomic mass is 9.75. The van der Waals surface area contributed by atoms with E-state index in [0.717, 1.165) is 0 Å². The summed E-state index contributed by atoms with van der Waals surface area (Å²) in [7, 11) is 0. The molecule has 1 atom stereocenters. The molecule has 3 nitrogen and oxygen atoms in total. The number of carbonyl (C=O) groups is 2. The van der Waals surface area contributed by atoms with Crippen LogP contribution in [0.4, 0.5) is 0 Å². The van der Waals surface area contributed by atoms with Gasteiger partial charge in [0, 0.05) is 12.0 Å². The zero-order valence-electron chi connectivity index (χ0n) is 12.1. The van der Waals surface area contributed by atoms with Gasteiger partial charge in [-0.05, 0) is 12.3 Å². The number of carbonyl (C=O) groups excluding carboxylic acids is 2. The fourth-order valence-electron chi connectivity index (χ4n) is 1.88. The number of hydrogen-bond donors (Lipinski definition) is 0. The van der Waals surface area contributed by atoms with Gasteiger partial charge >= 0.3 is 5.97 Å². The van der Waals surface area contributed by atoms with Crippen molar-refractivity contribution in [2.75, 3.05) is 6.61 Å². The van der Waals surface area contributed by atoms with Gasteiger partial charge in [0.25, 0.3) is 0 Å². The van der Waals surface area contributed by atoms with Gasteiger partial charge in [-0.25, -0.2) is 0 Å². The molecule has 0 heterocycles. The van der Waals surface area contributed by atoms with Crippen LogP contribution in [-0.4, -0.2) is 18.4 Å². The molecule has 0 fully saturated rings. The second-order valence-corrected chi connectivity index (χ2v) is 5.43. The van der Waals surface area contributed by atoms with Crippen LogP contribution in [0, 0.1) is 11.3 Å². The molecule has 3 heteroatoms. The molecule has 1 aromatic carbocycles. The van der Waals surface area contributed by atoms with Crippen molar-refractivity contribution in [3.8, 4) is 0 Å². The van der Waals surface area contributed by atoms with Gasteiger partial charge in [0.2, 0.25) is 0 Å². The second-order valence-electron chi connectivity index (χ2n) is 5.43. The number of benzene rings is 1. The molecule has 0 spiro atoms. The quantitative estimate of drug-likeness (QED) is 0.582. The smallest absolute Gasteiger partial charge is 0.309 e. The molecule has 0 N–H and O–H groups in total. The summed E-state index contributed by atoms with van der Waals surface area (Å²) in [5.41, 5.74) is 0.269. The number of hydrogen-bond acceptors (Lipinski definition) is 3. The first-order chi connectivity index (χ1) is 8.88. The molecule has 0 aliphatic carbocycles. The van der Waals surface area contributed by atoms with Gasteiger partial charge in [-0.2, -0.15) is 0 Å². The maximum atomic E-state index is 12.2. The zero-order chi connectivity index (χ0) is 14.5. The largest absolute Gasteiger partial charge is 0.466 e. The van der Waals surface area contributed by atoms with Crippen molar-refractivity contribution in [1.29, 1.82) is 0 Å². The first kappa shape index (κ1) is 15.4. The lowest BCUT2D eigenvalue weighted by Gasteiger charge is -2.29. The Bertz CT molecular complexity index is 435. The summed E-state index contributed by atoms with van der Waals surface area (Å²) >= 11 is 0. The third-order valence-electron chi connectivity index (χ3n) is 3.52. The molecule has 0 aromatic heterocycles. The molecule has 0 radical (unpaired) electrons. The normalized spacial score (nSPS) is 12.8. The van der Waals surface area contributed by atoms with Crippen LogP contribution in [0.15, 0.2) is 30.3 Å². The van der Waals surface area contributed by atoms with Gasteiger partial charge in [-0.3, -0.25) is 9.59 Å². The molecule has 104 valence electrons. The van der Waals surface area contributed by atoms with Crippen molar-refractivity contribution in [3.05, 3.63) is 35.9 Å². The SMILES string of the molecule is CCOC(=O)C(C)C(C)(C)CC(=O)c1ccccc1. The molecule has 0 aliphatic heterocycles. The monoisotopic (exact) mass is 262 g/mol. The van der Waals surface area contributed by atoms with Crippen LogP contribution in [0.1, 0.15) is 44.5 Å². The van der Waals surface area contributed by atoms with Crippen LogP contribution < -0.4 is 0 Å². The zero-order valence-corrected chi connectivity index (χ0v) is 12.1. The Balaban J connectivity index is 2.74. The molecule has 0 saturated heterocycles. The second kappa shape index (κ2) is 6.50. The molecule has 0 bridgehead atoms. The minimum Gasteiger partial charge on any atom is -0.466 e. The highest BCUT2D eigenvalue weighted by atomic mass is 16.5. The van der Waals surface area contributed by atoms with E-state index in [1.54, 1.807) is 19.1 Å². The van der Waals surface area contributed by atoms with Gasteiger partial charge < -0.3 is 4.74 Å². The third kappa shape index (κ3) is 4.19. The number of rotatable bonds is 6. The van der Waals surface area contributed by atoms with Gasteiger partial charge in [-0.1, -0.05) is 51.1 Å². The van der Waals surface area contributed by atoms with Crippen LogP contribution in [0.5, 0.6) is 0 Å². The van der Waals surface area contributed by atoms with Crippen LogP contribution in [-0.2, 0) is 9.53 Å². The maximum Gasteiger partial charge on any atom is 0.309 e. The Hall–Kier alpha value is -1.64. The molecule has 1 rings (SSSR count). The molecule has 1 aromatic rings. The summed E-state index contributed by atoms with van der Waals surface area (Å²) in [5, 5.41) is 0. The van der Waals surface area contributed by atoms with Crippen LogP contribution in [0.25, 0.3) is 0 Å². The topological polar surface area (TPSA) is 43.4 Å². The number of Topliss-reactive ketones (excluding diaryl/α,β-unsaturated/α-hetero) is 1. The Morgan fingerprint density at radius 2 is 1.79 bits per heavy atom. The van der Waals surface area contributed by atoms with Crippen molar-refractivity contribution in [2.24, 2.45) is 11.3 Å². The maximum absolute atomic E-state index is 12.2. The number of esters is 1.